The number of benzene rings is 2. The number of carbonyl (C=O) groups excluding carboxylic acids is 2. The van der Waals surface area contributed by atoms with E-state index in [2.05, 4.69) is 26.3 Å². The van der Waals surface area contributed by atoms with Gasteiger partial charge in [0.25, 0.3) is 0 Å². The molecule has 3 rings (SSSR count). The summed E-state index contributed by atoms with van der Waals surface area (Å²) < 4.78 is 12.2. The van der Waals surface area contributed by atoms with Crippen LogP contribution in [0.4, 0.5) is 0 Å². The maximum absolute atomic E-state index is 12.1. The van der Waals surface area contributed by atoms with Crippen molar-refractivity contribution in [3.63, 3.8) is 0 Å². The molecule has 7 nitrogen and oxygen atoms in total. The molecular formula is C21H22BrN3O4S. The lowest BCUT2D eigenvalue weighted by Crippen LogP contribution is -2.25. The smallest absolute Gasteiger partial charge is 0.241 e. The van der Waals surface area contributed by atoms with Crippen LogP contribution in [0.25, 0.3) is 0 Å². The zero-order valence-corrected chi connectivity index (χ0v) is 19.5. The number of nitrogens with zero attached hydrogens (tertiary/aromatic N) is 2. The minimum Gasteiger partial charge on any atom is -0.493 e. The molecule has 0 spiro atoms. The fourth-order valence-electron chi connectivity index (χ4n) is 2.84. The summed E-state index contributed by atoms with van der Waals surface area (Å²) in [6.07, 6.45) is 0. The van der Waals surface area contributed by atoms with Crippen LogP contribution in [0, 0.1) is 6.92 Å². The lowest BCUT2D eigenvalue weighted by molar-refractivity contribution is -0.129. The Morgan fingerprint density at radius 2 is 1.93 bits per heavy atom. The molecule has 0 fully saturated rings. The highest BCUT2D eigenvalue weighted by atomic mass is 79.9. The molecule has 0 aliphatic carbocycles. The molecule has 0 unspecified atom stereocenters. The van der Waals surface area contributed by atoms with Crippen molar-refractivity contribution in [3.05, 3.63) is 57.6 Å². The van der Waals surface area contributed by atoms with Crippen LogP contribution in [0.15, 0.2) is 46.0 Å². The van der Waals surface area contributed by atoms with Crippen LogP contribution in [-0.2, 0) is 16.2 Å². The van der Waals surface area contributed by atoms with E-state index in [0.717, 1.165) is 11.1 Å². The average Bonchev–Trinajstić information content (AvgIpc) is 3.11. The number of methoxy groups -OCH3 is 1. The maximum Gasteiger partial charge on any atom is 0.241 e. The van der Waals surface area contributed by atoms with Crippen LogP contribution in [0.5, 0.6) is 11.5 Å². The van der Waals surface area contributed by atoms with Crippen LogP contribution in [0.2, 0.25) is 0 Å². The van der Waals surface area contributed by atoms with Gasteiger partial charge in [0, 0.05) is 13.8 Å². The first-order chi connectivity index (χ1) is 14.3. The van der Waals surface area contributed by atoms with Gasteiger partial charge in [-0.25, -0.2) is 5.01 Å². The van der Waals surface area contributed by atoms with Gasteiger partial charge in [-0.2, -0.15) is 0 Å². The van der Waals surface area contributed by atoms with E-state index in [1.807, 2.05) is 43.3 Å². The molecule has 2 amide bonds. The number of aryl methyl sites for hydroxylation is 1. The second kappa shape index (κ2) is 9.53. The van der Waals surface area contributed by atoms with Crippen LogP contribution in [0.1, 0.15) is 35.9 Å². The molecule has 1 aliphatic heterocycles. The largest absolute Gasteiger partial charge is 0.493 e. The number of halogens is 1. The maximum atomic E-state index is 12.1. The Balaban J connectivity index is 1.84. The van der Waals surface area contributed by atoms with Crippen LogP contribution >= 0.6 is 27.7 Å². The third-order valence-electron chi connectivity index (χ3n) is 4.29. The number of hydrogen-bond donors (Lipinski definition) is 1. The number of amides is 2. The average molecular weight is 492 g/mol. The number of ether oxygens (including phenoxy) is 2. The van der Waals surface area contributed by atoms with E-state index in [-0.39, 0.29) is 11.8 Å². The van der Waals surface area contributed by atoms with Gasteiger partial charge in [0.15, 0.2) is 16.7 Å². The number of carbonyl (C=O) groups is 2. The van der Waals surface area contributed by atoms with Gasteiger partial charge in [0.1, 0.15) is 12.0 Å². The van der Waals surface area contributed by atoms with Crippen molar-refractivity contribution in [2.45, 2.75) is 32.8 Å². The van der Waals surface area contributed by atoms with Crippen molar-refractivity contribution in [3.8, 4) is 11.5 Å². The number of nitrogens with one attached hydrogen (secondary N) is 1. The van der Waals surface area contributed by atoms with Gasteiger partial charge in [-0.1, -0.05) is 41.6 Å². The van der Waals surface area contributed by atoms with E-state index in [0.29, 0.717) is 27.7 Å². The SMILES string of the molecule is COc1cc([C@@H]2SC(NC(C)=O)=NN2C(C)=O)cc(Br)c1OCc1ccc(C)cc1. The summed E-state index contributed by atoms with van der Waals surface area (Å²) in [5.74, 6) is 0.623. The number of thioether (sulfide) groups is 1. The Labute approximate surface area is 187 Å². The first-order valence-corrected chi connectivity index (χ1v) is 10.8. The van der Waals surface area contributed by atoms with Gasteiger partial charge < -0.3 is 14.8 Å². The third kappa shape index (κ3) is 5.14. The molecule has 1 N–H and O–H groups in total. The van der Waals surface area contributed by atoms with E-state index >= 15 is 0 Å². The molecule has 1 heterocycles. The van der Waals surface area contributed by atoms with Gasteiger partial charge in [0.2, 0.25) is 11.8 Å². The molecule has 1 atom stereocenters. The van der Waals surface area contributed by atoms with Gasteiger partial charge in [-0.15, -0.1) is 5.10 Å². The minimum absolute atomic E-state index is 0.234. The molecule has 0 saturated carbocycles. The lowest BCUT2D eigenvalue weighted by Gasteiger charge is -2.21. The Hall–Kier alpha value is -2.52. The first kappa shape index (κ1) is 22.2. The lowest BCUT2D eigenvalue weighted by atomic mass is 10.1. The molecule has 0 bridgehead atoms. The zero-order valence-electron chi connectivity index (χ0n) is 17.1. The van der Waals surface area contributed by atoms with Gasteiger partial charge in [-0.05, 0) is 46.1 Å². The highest BCUT2D eigenvalue weighted by Gasteiger charge is 2.33. The fraction of sp³-hybridized carbons (Fsp3) is 0.286. The number of amidine groups is 1. The Morgan fingerprint density at radius 3 is 2.53 bits per heavy atom. The number of hydrogen-bond acceptors (Lipinski definition) is 6. The van der Waals surface area contributed by atoms with Crippen LogP contribution in [-0.4, -0.2) is 29.1 Å². The van der Waals surface area contributed by atoms with Gasteiger partial charge >= 0.3 is 0 Å². The standard InChI is InChI=1S/C21H22BrN3O4S/c1-12-5-7-15(8-6-12)11-29-19-17(22)9-16(10-18(19)28-4)20-25(14(3)27)24-21(30-20)23-13(2)26/h5-10,20H,11H2,1-4H3,(H,23,24,26)/t20-/m0/s1. The molecule has 0 saturated heterocycles. The van der Waals surface area contributed by atoms with Crippen LogP contribution < -0.4 is 14.8 Å². The summed E-state index contributed by atoms with van der Waals surface area (Å²) in [4.78, 5) is 23.4. The molecular weight excluding hydrogens is 470 g/mol. The Kier molecular flexibility index (Phi) is 7.04. The van der Waals surface area contributed by atoms with E-state index in [1.54, 1.807) is 7.11 Å². The quantitative estimate of drug-likeness (QED) is 0.672. The summed E-state index contributed by atoms with van der Waals surface area (Å²) in [7, 11) is 1.56. The highest BCUT2D eigenvalue weighted by Crippen LogP contribution is 2.44. The van der Waals surface area contributed by atoms with E-state index < -0.39 is 5.37 Å². The molecule has 1 aliphatic rings. The molecule has 2 aromatic carbocycles. The molecule has 9 heteroatoms. The third-order valence-corrected chi connectivity index (χ3v) is 5.98. The van der Waals surface area contributed by atoms with Crippen molar-refractivity contribution in [2.75, 3.05) is 7.11 Å². The Morgan fingerprint density at radius 1 is 1.23 bits per heavy atom. The minimum atomic E-state index is -0.430. The summed E-state index contributed by atoms with van der Waals surface area (Å²) in [6.45, 7) is 5.25. The second-order valence-electron chi connectivity index (χ2n) is 6.73. The fourth-order valence-corrected chi connectivity index (χ4v) is 4.53. The normalized spacial score (nSPS) is 15.6. The Bertz CT molecular complexity index is 994. The number of rotatable bonds is 5. The molecule has 2 aromatic rings. The summed E-state index contributed by atoms with van der Waals surface area (Å²) in [5.41, 5.74) is 3.01. The first-order valence-electron chi connectivity index (χ1n) is 9.17. The van der Waals surface area contributed by atoms with Gasteiger partial charge in [0.05, 0.1) is 11.6 Å². The predicted octanol–water partition coefficient (Wildman–Crippen LogP) is 4.35. The van der Waals surface area contributed by atoms with E-state index in [1.165, 1.54) is 36.2 Å². The monoisotopic (exact) mass is 491 g/mol. The summed E-state index contributed by atoms with van der Waals surface area (Å²) >= 11 is 4.84. The second-order valence-corrected chi connectivity index (χ2v) is 8.65. The van der Waals surface area contributed by atoms with Crippen molar-refractivity contribution >= 4 is 44.7 Å². The van der Waals surface area contributed by atoms with Crippen molar-refractivity contribution < 1.29 is 19.1 Å². The topological polar surface area (TPSA) is 80.2 Å². The van der Waals surface area contributed by atoms with Crippen LogP contribution in [0.3, 0.4) is 0 Å². The number of hydrazone groups is 1. The van der Waals surface area contributed by atoms with Crippen molar-refractivity contribution in [1.82, 2.24) is 10.3 Å². The van der Waals surface area contributed by atoms with Crippen molar-refractivity contribution in [1.29, 1.82) is 0 Å². The molecule has 0 radical (unpaired) electrons. The van der Waals surface area contributed by atoms with Gasteiger partial charge in [-0.3, -0.25) is 9.59 Å². The van der Waals surface area contributed by atoms with Crippen molar-refractivity contribution in [2.24, 2.45) is 5.10 Å². The molecule has 30 heavy (non-hydrogen) atoms. The van der Waals surface area contributed by atoms with E-state index in [4.69, 9.17) is 9.47 Å². The zero-order chi connectivity index (χ0) is 21.8. The molecule has 0 aromatic heterocycles. The van der Waals surface area contributed by atoms with E-state index in [9.17, 15) is 9.59 Å². The predicted molar refractivity (Wildman–Crippen MR) is 120 cm³/mol. The summed E-state index contributed by atoms with van der Waals surface area (Å²) in [6, 6.07) is 11.8. The summed E-state index contributed by atoms with van der Waals surface area (Å²) in [5, 5.41) is 8.14. The molecule has 158 valence electrons. The highest BCUT2D eigenvalue weighted by molar-refractivity contribution is 9.10.